The number of carboxylic acids is 1. The van der Waals surface area contributed by atoms with Gasteiger partial charge in [-0.2, -0.15) is 0 Å². The van der Waals surface area contributed by atoms with Gasteiger partial charge in [0.05, 0.1) is 12.2 Å². The Morgan fingerprint density at radius 1 is 1.43 bits per heavy atom. The van der Waals surface area contributed by atoms with Gasteiger partial charge >= 0.3 is 5.97 Å². The van der Waals surface area contributed by atoms with Crippen LogP contribution in [0.15, 0.2) is 33.7 Å². The second kappa shape index (κ2) is 5.66. The van der Waals surface area contributed by atoms with Crippen molar-refractivity contribution in [3.63, 3.8) is 0 Å². The molecule has 0 amide bonds. The fraction of sp³-hybridized carbons (Fsp3) is 0.231. The summed E-state index contributed by atoms with van der Waals surface area (Å²) < 4.78 is 31.6. The van der Waals surface area contributed by atoms with Crippen LogP contribution < -0.4 is 4.72 Å². The van der Waals surface area contributed by atoms with Crippen LogP contribution >= 0.6 is 0 Å². The predicted molar refractivity (Wildman–Crippen MR) is 73.4 cm³/mol. The Hall–Kier alpha value is -2.19. The number of aromatic nitrogens is 1. The normalized spacial score (nSPS) is 11.5. The Bertz CT molecular complexity index is 780. The van der Waals surface area contributed by atoms with Crippen LogP contribution in [0.5, 0.6) is 0 Å². The molecule has 0 aliphatic carbocycles. The maximum Gasteiger partial charge on any atom is 0.371 e. The number of rotatable bonds is 5. The summed E-state index contributed by atoms with van der Waals surface area (Å²) in [6.07, 6.45) is 1.57. The van der Waals surface area contributed by atoms with Crippen LogP contribution in [-0.4, -0.2) is 24.5 Å². The highest BCUT2D eigenvalue weighted by molar-refractivity contribution is 7.89. The average Bonchev–Trinajstić information content (AvgIpc) is 2.81. The van der Waals surface area contributed by atoms with Crippen molar-refractivity contribution in [1.29, 1.82) is 0 Å². The first-order valence-corrected chi connectivity index (χ1v) is 7.53. The summed E-state index contributed by atoms with van der Waals surface area (Å²) in [5.41, 5.74) is 1.45. The van der Waals surface area contributed by atoms with Gasteiger partial charge in [-0.15, -0.1) is 0 Å². The molecule has 0 aliphatic rings. The highest BCUT2D eigenvalue weighted by Crippen LogP contribution is 2.20. The number of sulfonamides is 1. The van der Waals surface area contributed by atoms with Crippen molar-refractivity contribution in [1.82, 2.24) is 9.71 Å². The van der Waals surface area contributed by atoms with Gasteiger partial charge < -0.3 is 9.52 Å². The molecule has 0 aromatic carbocycles. The molecule has 8 heteroatoms. The van der Waals surface area contributed by atoms with E-state index < -0.39 is 21.8 Å². The van der Waals surface area contributed by atoms with Crippen LogP contribution in [0.2, 0.25) is 0 Å². The Labute approximate surface area is 121 Å². The third-order valence-corrected chi connectivity index (χ3v) is 4.43. The zero-order chi connectivity index (χ0) is 15.6. The van der Waals surface area contributed by atoms with E-state index in [1.165, 1.54) is 6.92 Å². The molecule has 0 fully saturated rings. The monoisotopic (exact) mass is 310 g/mol. The molecule has 0 bridgehead atoms. The first kappa shape index (κ1) is 15.2. The van der Waals surface area contributed by atoms with E-state index in [1.54, 1.807) is 12.3 Å². The van der Waals surface area contributed by atoms with Crippen LogP contribution in [0.1, 0.15) is 27.6 Å². The fourth-order valence-electron chi connectivity index (χ4n) is 1.78. The molecule has 0 aliphatic heterocycles. The van der Waals surface area contributed by atoms with Gasteiger partial charge in [0.25, 0.3) is 0 Å². The van der Waals surface area contributed by atoms with Crippen LogP contribution in [0.4, 0.5) is 0 Å². The smallest absolute Gasteiger partial charge is 0.371 e. The summed E-state index contributed by atoms with van der Waals surface area (Å²) in [5, 5.41) is 8.81. The maximum absolute atomic E-state index is 12.2. The van der Waals surface area contributed by atoms with E-state index >= 15 is 0 Å². The maximum atomic E-state index is 12.2. The summed E-state index contributed by atoms with van der Waals surface area (Å²) in [6, 6.07) is 4.57. The molecule has 7 nitrogen and oxygen atoms in total. The van der Waals surface area contributed by atoms with Gasteiger partial charge in [-0.25, -0.2) is 17.9 Å². The minimum atomic E-state index is -3.87. The molecular formula is C13H14N2O5S. The standard InChI is InChI=1S/C13H14N2O5S/c1-8-4-3-5-14-10(8)7-15-21(18,19)12-6-11(13(16)17)20-9(12)2/h3-6,15H,7H2,1-2H3,(H,16,17). The number of carboxylic acid groups (broad SMARTS) is 1. The second-order valence-electron chi connectivity index (χ2n) is 4.43. The zero-order valence-corrected chi connectivity index (χ0v) is 12.3. The van der Waals surface area contributed by atoms with Gasteiger partial charge in [-0.3, -0.25) is 4.98 Å². The van der Waals surface area contributed by atoms with Crippen molar-refractivity contribution in [2.45, 2.75) is 25.3 Å². The van der Waals surface area contributed by atoms with Gasteiger partial charge in [0.2, 0.25) is 15.8 Å². The number of nitrogens with one attached hydrogen (secondary N) is 1. The van der Waals surface area contributed by atoms with Crippen molar-refractivity contribution >= 4 is 16.0 Å². The number of nitrogens with zero attached hydrogens (tertiary/aromatic N) is 1. The molecule has 21 heavy (non-hydrogen) atoms. The first-order chi connectivity index (χ1) is 9.81. The predicted octanol–water partition coefficient (Wildman–Crippen LogP) is 1.47. The SMILES string of the molecule is Cc1cccnc1CNS(=O)(=O)c1cc(C(=O)O)oc1C. The number of carbonyl (C=O) groups is 1. The largest absolute Gasteiger partial charge is 0.475 e. The van der Waals surface area contributed by atoms with Crippen LogP contribution in [0.3, 0.4) is 0 Å². The van der Waals surface area contributed by atoms with E-state index in [2.05, 4.69) is 9.71 Å². The average molecular weight is 310 g/mol. The van der Waals surface area contributed by atoms with E-state index in [0.717, 1.165) is 11.6 Å². The number of aromatic carboxylic acids is 1. The van der Waals surface area contributed by atoms with E-state index in [4.69, 9.17) is 9.52 Å². The van der Waals surface area contributed by atoms with Crippen molar-refractivity contribution in [2.75, 3.05) is 0 Å². The minimum Gasteiger partial charge on any atom is -0.475 e. The summed E-state index contributed by atoms with van der Waals surface area (Å²) >= 11 is 0. The Balaban J connectivity index is 2.23. The molecule has 0 radical (unpaired) electrons. The van der Waals surface area contributed by atoms with Crippen molar-refractivity contribution in [3.05, 3.63) is 47.2 Å². The Kier molecular flexibility index (Phi) is 4.10. The number of hydrogen-bond acceptors (Lipinski definition) is 5. The van der Waals surface area contributed by atoms with Gasteiger partial charge in [-0.05, 0) is 25.5 Å². The van der Waals surface area contributed by atoms with Gasteiger partial charge in [-0.1, -0.05) is 6.07 Å². The number of aryl methyl sites for hydroxylation is 2. The lowest BCUT2D eigenvalue weighted by molar-refractivity contribution is 0.0661. The lowest BCUT2D eigenvalue weighted by Crippen LogP contribution is -2.24. The lowest BCUT2D eigenvalue weighted by Gasteiger charge is -2.07. The van der Waals surface area contributed by atoms with Crippen LogP contribution in [0, 0.1) is 13.8 Å². The highest BCUT2D eigenvalue weighted by Gasteiger charge is 2.23. The Morgan fingerprint density at radius 2 is 2.14 bits per heavy atom. The van der Waals surface area contributed by atoms with Gasteiger partial charge in [0.15, 0.2) is 0 Å². The molecule has 0 unspecified atom stereocenters. The molecule has 112 valence electrons. The molecule has 0 saturated heterocycles. The number of furan rings is 1. The van der Waals surface area contributed by atoms with Crippen molar-refractivity contribution in [3.8, 4) is 0 Å². The fourth-order valence-corrected chi connectivity index (χ4v) is 2.95. The molecule has 0 atom stereocenters. The second-order valence-corrected chi connectivity index (χ2v) is 6.16. The van der Waals surface area contributed by atoms with Crippen LogP contribution in [-0.2, 0) is 16.6 Å². The van der Waals surface area contributed by atoms with Crippen LogP contribution in [0.25, 0.3) is 0 Å². The number of pyridine rings is 1. The molecule has 2 aromatic heterocycles. The quantitative estimate of drug-likeness (QED) is 0.865. The minimum absolute atomic E-state index is 0.0159. The van der Waals surface area contributed by atoms with E-state index in [1.807, 2.05) is 13.0 Å². The van der Waals surface area contributed by atoms with Crippen molar-refractivity contribution < 1.29 is 22.7 Å². The molecular weight excluding hydrogens is 296 g/mol. The molecule has 0 spiro atoms. The summed E-state index contributed by atoms with van der Waals surface area (Å²) in [7, 11) is -3.87. The Morgan fingerprint density at radius 3 is 2.71 bits per heavy atom. The zero-order valence-electron chi connectivity index (χ0n) is 11.5. The highest BCUT2D eigenvalue weighted by atomic mass is 32.2. The third kappa shape index (κ3) is 3.29. The lowest BCUT2D eigenvalue weighted by atomic mass is 10.2. The first-order valence-electron chi connectivity index (χ1n) is 6.05. The number of hydrogen-bond donors (Lipinski definition) is 2. The van der Waals surface area contributed by atoms with Gasteiger partial charge in [0, 0.05) is 12.3 Å². The van der Waals surface area contributed by atoms with E-state index in [-0.39, 0.29) is 17.2 Å². The van der Waals surface area contributed by atoms with Crippen molar-refractivity contribution in [2.24, 2.45) is 0 Å². The molecule has 2 rings (SSSR count). The summed E-state index contributed by atoms with van der Waals surface area (Å²) in [5.74, 6) is -1.71. The topological polar surface area (TPSA) is 110 Å². The van der Waals surface area contributed by atoms with E-state index in [0.29, 0.717) is 5.69 Å². The van der Waals surface area contributed by atoms with Gasteiger partial charge in [0.1, 0.15) is 10.7 Å². The molecule has 2 N–H and O–H groups in total. The molecule has 0 saturated carbocycles. The third-order valence-electron chi connectivity index (χ3n) is 2.92. The summed E-state index contributed by atoms with van der Waals surface area (Å²) in [6.45, 7) is 3.23. The molecule has 2 aromatic rings. The van der Waals surface area contributed by atoms with E-state index in [9.17, 15) is 13.2 Å². The summed E-state index contributed by atoms with van der Waals surface area (Å²) in [4.78, 5) is 14.7. The molecule has 2 heterocycles.